The lowest BCUT2D eigenvalue weighted by atomic mass is 10.00. The van der Waals surface area contributed by atoms with Crippen molar-refractivity contribution in [2.75, 3.05) is 13.7 Å². The second-order valence-corrected chi connectivity index (χ2v) is 7.56. The Hall–Kier alpha value is -3.00. The number of methoxy groups -OCH3 is 1. The van der Waals surface area contributed by atoms with Crippen LogP contribution in [0, 0.1) is 6.92 Å². The minimum Gasteiger partial charge on any atom is -0.497 e. The maximum Gasteiger partial charge on any atom is 0.216 e. The summed E-state index contributed by atoms with van der Waals surface area (Å²) in [5.74, 6) is 2.53. The summed E-state index contributed by atoms with van der Waals surface area (Å²) in [6.07, 6.45) is 0. The van der Waals surface area contributed by atoms with Gasteiger partial charge in [-0.1, -0.05) is 41.9 Å². The number of carbonyl (C=O) groups excluding carboxylic acids is 1. The van der Waals surface area contributed by atoms with Gasteiger partial charge in [-0.25, -0.2) is 0 Å². The number of carbonyl (C=O) groups is 1. The van der Waals surface area contributed by atoms with Crippen LogP contribution in [0.1, 0.15) is 50.5 Å². The second kappa shape index (κ2) is 12.1. The summed E-state index contributed by atoms with van der Waals surface area (Å²) in [7, 11) is 1.67. The van der Waals surface area contributed by atoms with E-state index in [-0.39, 0.29) is 5.91 Å². The Kier molecular flexibility index (Phi) is 9.59. The number of aromatic nitrogens is 3. The zero-order valence-corrected chi connectivity index (χ0v) is 21.0. The molecule has 0 saturated carbocycles. The number of hydrogen-bond acceptors (Lipinski definition) is 5. The second-order valence-electron chi connectivity index (χ2n) is 6.64. The molecule has 4 rings (SSSR count). The lowest BCUT2D eigenvalue weighted by Crippen LogP contribution is -2.18. The molecule has 32 heavy (non-hydrogen) atoms. The molecule has 3 aromatic rings. The van der Waals surface area contributed by atoms with E-state index in [4.69, 9.17) is 9.73 Å². The number of hydrogen-bond donors (Lipinski definition) is 1. The monoisotopic (exact) mass is 499 g/mol. The van der Waals surface area contributed by atoms with Crippen LogP contribution in [0.25, 0.3) is 5.69 Å². The molecule has 7 nitrogen and oxygen atoms in total. The van der Waals surface area contributed by atoms with Gasteiger partial charge in [0.05, 0.1) is 18.5 Å². The van der Waals surface area contributed by atoms with E-state index in [1.165, 1.54) is 6.92 Å². The molecule has 0 atom stereocenters. The van der Waals surface area contributed by atoms with Gasteiger partial charge in [0.25, 0.3) is 0 Å². The van der Waals surface area contributed by atoms with Crippen LogP contribution in [0.4, 0.5) is 0 Å². The molecule has 1 N–H and O–H groups in total. The van der Waals surface area contributed by atoms with Gasteiger partial charge in [0.2, 0.25) is 5.91 Å². The first-order valence-electron chi connectivity index (χ1n) is 10.6. The molecule has 2 heterocycles. The van der Waals surface area contributed by atoms with Gasteiger partial charge in [-0.15, -0.1) is 10.2 Å². The fraction of sp³-hybridized carbons (Fsp3) is 0.333. The number of ether oxygens (including phenoxy) is 1. The summed E-state index contributed by atoms with van der Waals surface area (Å²) in [5, 5.41) is 11.0. The van der Waals surface area contributed by atoms with Gasteiger partial charge in [-0.05, 0) is 44.2 Å². The molecule has 0 saturated heterocycles. The number of aryl methyl sites for hydroxylation is 1. The van der Waals surface area contributed by atoms with Crippen LogP contribution >= 0.6 is 15.9 Å². The van der Waals surface area contributed by atoms with Crippen LogP contribution in [0.2, 0.25) is 0 Å². The Balaban J connectivity index is 0.000000396. The Morgan fingerprint density at radius 1 is 1.16 bits per heavy atom. The molecule has 0 unspecified atom stereocenters. The molecular weight excluding hydrogens is 470 g/mol. The first-order chi connectivity index (χ1) is 15.4. The third-order valence-electron chi connectivity index (χ3n) is 4.51. The minimum absolute atomic E-state index is 0.0394. The van der Waals surface area contributed by atoms with Crippen molar-refractivity contribution in [3.63, 3.8) is 0 Å². The van der Waals surface area contributed by atoms with Crippen molar-refractivity contribution >= 4 is 27.5 Å². The number of benzene rings is 2. The van der Waals surface area contributed by atoms with Crippen LogP contribution in [0.3, 0.4) is 0 Å². The van der Waals surface area contributed by atoms with Gasteiger partial charge in [0.15, 0.2) is 5.82 Å². The topological polar surface area (TPSA) is 81.4 Å². The molecule has 1 aliphatic rings. The highest BCUT2D eigenvalue weighted by molar-refractivity contribution is 9.10. The number of halogens is 1. The highest BCUT2D eigenvalue weighted by Crippen LogP contribution is 2.29. The number of fused-ring (bicyclic) bond motifs is 3. The Morgan fingerprint density at radius 2 is 1.84 bits per heavy atom. The fourth-order valence-corrected chi connectivity index (χ4v) is 3.45. The molecule has 0 radical (unpaired) electrons. The van der Waals surface area contributed by atoms with Gasteiger partial charge < -0.3 is 10.1 Å². The van der Waals surface area contributed by atoms with Crippen molar-refractivity contribution in [2.45, 2.75) is 41.2 Å². The number of amides is 1. The normalized spacial score (nSPS) is 11.3. The maximum absolute atomic E-state index is 9.93. The van der Waals surface area contributed by atoms with Crippen molar-refractivity contribution in [3.8, 4) is 11.4 Å². The van der Waals surface area contributed by atoms with Crippen molar-refractivity contribution in [1.82, 2.24) is 20.1 Å². The first kappa shape index (κ1) is 25.3. The third-order valence-corrected chi connectivity index (χ3v) is 5.04. The Bertz CT molecular complexity index is 1070. The van der Waals surface area contributed by atoms with E-state index >= 15 is 0 Å². The van der Waals surface area contributed by atoms with Gasteiger partial charge in [0, 0.05) is 29.1 Å². The molecule has 2 aromatic carbocycles. The van der Waals surface area contributed by atoms with E-state index in [1.807, 2.05) is 58.0 Å². The minimum atomic E-state index is 0.0394. The van der Waals surface area contributed by atoms with Crippen LogP contribution < -0.4 is 10.1 Å². The molecular formula is C24H30BrN5O2. The lowest BCUT2D eigenvalue weighted by Gasteiger charge is -2.14. The molecule has 170 valence electrons. The van der Waals surface area contributed by atoms with Crippen molar-refractivity contribution in [1.29, 1.82) is 0 Å². The van der Waals surface area contributed by atoms with Gasteiger partial charge in [-0.3, -0.25) is 14.4 Å². The van der Waals surface area contributed by atoms with E-state index in [1.54, 1.807) is 7.11 Å². The van der Waals surface area contributed by atoms with E-state index in [2.05, 4.69) is 48.1 Å². The largest absolute Gasteiger partial charge is 0.497 e. The zero-order chi connectivity index (χ0) is 23.7. The standard InChI is InChI=1S/C18H15BrN4O.C4H9NO.C2H6/c1-11-21-22-17-10-20-18(12-3-5-13(19)6-4-12)15-9-14(24-2)7-8-16(15)23(11)17;1-3-5-4(2)6;1-2/h3-9H,10H2,1-2H3;3H2,1-2H3,(H,5,6);1-2H3. The summed E-state index contributed by atoms with van der Waals surface area (Å²) < 4.78 is 8.52. The molecule has 0 bridgehead atoms. The molecule has 1 aliphatic heterocycles. The summed E-state index contributed by atoms with van der Waals surface area (Å²) in [5.41, 5.74) is 4.02. The van der Waals surface area contributed by atoms with E-state index in [9.17, 15) is 4.79 Å². The van der Waals surface area contributed by atoms with Gasteiger partial charge >= 0.3 is 0 Å². The van der Waals surface area contributed by atoms with E-state index in [0.717, 1.165) is 50.9 Å². The van der Waals surface area contributed by atoms with Crippen molar-refractivity contribution < 1.29 is 9.53 Å². The smallest absolute Gasteiger partial charge is 0.216 e. The fourth-order valence-electron chi connectivity index (χ4n) is 3.19. The summed E-state index contributed by atoms with van der Waals surface area (Å²) in [6.45, 7) is 10.6. The summed E-state index contributed by atoms with van der Waals surface area (Å²) >= 11 is 3.48. The Labute approximate surface area is 198 Å². The van der Waals surface area contributed by atoms with Crippen LogP contribution in [-0.2, 0) is 11.3 Å². The zero-order valence-electron chi connectivity index (χ0n) is 19.4. The maximum atomic E-state index is 9.93. The molecule has 0 aliphatic carbocycles. The SMILES string of the molecule is CC.CCNC(C)=O.COc1ccc2c(c1)C(c1ccc(Br)cc1)=NCc1nnc(C)n1-2. The van der Waals surface area contributed by atoms with E-state index < -0.39 is 0 Å². The molecule has 0 fully saturated rings. The number of rotatable bonds is 3. The van der Waals surface area contributed by atoms with E-state index in [0.29, 0.717) is 6.54 Å². The first-order valence-corrected chi connectivity index (χ1v) is 11.4. The quantitative estimate of drug-likeness (QED) is 0.557. The Morgan fingerprint density at radius 3 is 2.41 bits per heavy atom. The van der Waals surface area contributed by atoms with Crippen LogP contribution in [0.5, 0.6) is 5.75 Å². The molecule has 8 heteroatoms. The van der Waals surface area contributed by atoms with Gasteiger partial charge in [-0.2, -0.15) is 0 Å². The summed E-state index contributed by atoms with van der Waals surface area (Å²) in [4.78, 5) is 14.7. The predicted octanol–water partition coefficient (Wildman–Crippen LogP) is 4.87. The average Bonchev–Trinajstić information content (AvgIpc) is 3.08. The molecule has 1 aromatic heterocycles. The average molecular weight is 500 g/mol. The van der Waals surface area contributed by atoms with Crippen molar-refractivity contribution in [3.05, 3.63) is 69.7 Å². The molecule has 1 amide bonds. The van der Waals surface area contributed by atoms with Crippen molar-refractivity contribution in [2.24, 2.45) is 4.99 Å². The number of nitrogens with one attached hydrogen (secondary N) is 1. The number of aliphatic imine (C=N–C) groups is 1. The predicted molar refractivity (Wildman–Crippen MR) is 132 cm³/mol. The summed E-state index contributed by atoms with van der Waals surface area (Å²) in [6, 6.07) is 14.2. The highest BCUT2D eigenvalue weighted by Gasteiger charge is 2.22. The molecule has 0 spiro atoms. The lowest BCUT2D eigenvalue weighted by molar-refractivity contribution is -0.118. The van der Waals surface area contributed by atoms with Crippen LogP contribution in [0.15, 0.2) is 51.9 Å². The third kappa shape index (κ3) is 6.03. The highest BCUT2D eigenvalue weighted by atomic mass is 79.9. The van der Waals surface area contributed by atoms with Gasteiger partial charge in [0.1, 0.15) is 18.1 Å². The van der Waals surface area contributed by atoms with Crippen LogP contribution in [-0.4, -0.2) is 40.0 Å². The number of nitrogens with zero attached hydrogens (tertiary/aromatic N) is 4.